The quantitative estimate of drug-likeness (QED) is 0.852. The Morgan fingerprint density at radius 3 is 2.55 bits per heavy atom. The molecule has 1 aromatic carbocycles. The zero-order valence-electron chi connectivity index (χ0n) is 11.5. The van der Waals surface area contributed by atoms with Crippen molar-refractivity contribution < 1.29 is 27.2 Å². The van der Waals surface area contributed by atoms with Crippen molar-refractivity contribution in [1.82, 2.24) is 4.90 Å². The maximum absolute atomic E-state index is 13.5. The molecule has 8 heteroatoms. The van der Waals surface area contributed by atoms with Crippen LogP contribution < -0.4 is 5.32 Å². The number of piperidine rings is 1. The number of anilines is 1. The van der Waals surface area contributed by atoms with Gasteiger partial charge in [-0.25, -0.2) is 4.39 Å². The average Bonchev–Trinajstić information content (AvgIpc) is 2.48. The lowest BCUT2D eigenvalue weighted by Crippen LogP contribution is -2.48. The van der Waals surface area contributed by atoms with Crippen LogP contribution in [0.5, 0.6) is 0 Å². The molecule has 0 bridgehead atoms. The number of amides is 2. The van der Waals surface area contributed by atoms with Gasteiger partial charge in [-0.2, -0.15) is 13.2 Å². The van der Waals surface area contributed by atoms with Crippen molar-refractivity contribution in [2.24, 2.45) is 5.92 Å². The second-order valence-electron chi connectivity index (χ2n) is 5.06. The van der Waals surface area contributed by atoms with Crippen molar-refractivity contribution >= 4 is 17.5 Å². The molecule has 4 nitrogen and oxygen atoms in total. The molecule has 0 saturated carbocycles. The highest BCUT2D eigenvalue weighted by Crippen LogP contribution is 2.25. The number of carbonyl (C=O) groups excluding carboxylic acids is 2. The molecule has 1 aromatic rings. The molecule has 2 rings (SSSR count). The van der Waals surface area contributed by atoms with Crippen molar-refractivity contribution in [3.05, 3.63) is 30.1 Å². The highest BCUT2D eigenvalue weighted by molar-refractivity contribution is 5.93. The number of rotatable bonds is 2. The molecular formula is C14H14F4N2O2. The minimum Gasteiger partial charge on any atom is -0.334 e. The predicted molar refractivity (Wildman–Crippen MR) is 70.4 cm³/mol. The molecule has 22 heavy (non-hydrogen) atoms. The van der Waals surface area contributed by atoms with Crippen molar-refractivity contribution in [1.29, 1.82) is 0 Å². The largest absolute Gasteiger partial charge is 0.471 e. The Morgan fingerprint density at radius 2 is 1.91 bits per heavy atom. The number of nitrogens with one attached hydrogen (secondary N) is 1. The summed E-state index contributed by atoms with van der Waals surface area (Å²) in [5.41, 5.74) is -0.0354. The highest BCUT2D eigenvalue weighted by Gasteiger charge is 2.44. The maximum Gasteiger partial charge on any atom is 0.471 e. The van der Waals surface area contributed by atoms with Crippen LogP contribution >= 0.6 is 0 Å². The number of alkyl halides is 3. The van der Waals surface area contributed by atoms with E-state index in [1.165, 1.54) is 18.2 Å². The van der Waals surface area contributed by atoms with E-state index in [1.54, 1.807) is 0 Å². The van der Waals surface area contributed by atoms with E-state index in [2.05, 4.69) is 5.32 Å². The summed E-state index contributed by atoms with van der Waals surface area (Å²) in [6.07, 6.45) is -4.32. The van der Waals surface area contributed by atoms with Crippen molar-refractivity contribution in [2.45, 2.75) is 19.0 Å². The summed E-state index contributed by atoms with van der Waals surface area (Å²) in [5, 5.41) is 2.34. The van der Waals surface area contributed by atoms with Gasteiger partial charge in [-0.15, -0.1) is 0 Å². The number of benzene rings is 1. The molecule has 1 aliphatic heterocycles. The zero-order chi connectivity index (χ0) is 16.3. The molecule has 0 aliphatic carbocycles. The molecule has 1 unspecified atom stereocenters. The molecule has 1 N–H and O–H groups in total. The van der Waals surface area contributed by atoms with Crippen molar-refractivity contribution in [3.63, 3.8) is 0 Å². The van der Waals surface area contributed by atoms with E-state index in [9.17, 15) is 27.2 Å². The van der Waals surface area contributed by atoms with Gasteiger partial charge in [-0.1, -0.05) is 12.1 Å². The van der Waals surface area contributed by atoms with Gasteiger partial charge in [0.05, 0.1) is 11.6 Å². The zero-order valence-corrected chi connectivity index (χ0v) is 11.5. The lowest BCUT2D eigenvalue weighted by molar-refractivity contribution is -0.187. The molecule has 1 fully saturated rings. The number of halogens is 4. The van der Waals surface area contributed by atoms with E-state index in [4.69, 9.17) is 0 Å². The van der Waals surface area contributed by atoms with E-state index < -0.39 is 29.7 Å². The van der Waals surface area contributed by atoms with Crippen molar-refractivity contribution in [2.75, 3.05) is 18.4 Å². The molecule has 0 aromatic heterocycles. The van der Waals surface area contributed by atoms with Crippen LogP contribution in [0.2, 0.25) is 0 Å². The molecule has 0 spiro atoms. The van der Waals surface area contributed by atoms with E-state index >= 15 is 0 Å². The molecular weight excluding hydrogens is 304 g/mol. The molecule has 120 valence electrons. The Kier molecular flexibility index (Phi) is 4.68. The molecule has 2 amide bonds. The van der Waals surface area contributed by atoms with Gasteiger partial charge in [0.15, 0.2) is 0 Å². The molecule has 1 aliphatic rings. The Hall–Kier alpha value is -2.12. The predicted octanol–water partition coefficient (Wildman–Crippen LogP) is 2.57. The number of nitrogens with zero attached hydrogens (tertiary/aromatic N) is 1. The van der Waals surface area contributed by atoms with Crippen LogP contribution in [0.1, 0.15) is 12.8 Å². The first kappa shape index (κ1) is 16.3. The third-order valence-corrected chi connectivity index (χ3v) is 3.45. The number of para-hydroxylation sites is 1. The topological polar surface area (TPSA) is 49.4 Å². The fraction of sp³-hybridized carbons (Fsp3) is 0.429. The fourth-order valence-corrected chi connectivity index (χ4v) is 2.35. The molecule has 1 heterocycles. The SMILES string of the molecule is O=C(Nc1ccccc1F)C1CCCN(C(=O)C(F)(F)F)C1. The van der Waals surface area contributed by atoms with E-state index in [0.29, 0.717) is 11.3 Å². The Bertz CT molecular complexity index is 574. The lowest BCUT2D eigenvalue weighted by Gasteiger charge is -2.32. The van der Waals surface area contributed by atoms with Crippen LogP contribution in [0.3, 0.4) is 0 Å². The van der Waals surface area contributed by atoms with Gasteiger partial charge in [-0.05, 0) is 25.0 Å². The summed E-state index contributed by atoms with van der Waals surface area (Å²) in [7, 11) is 0. The maximum atomic E-state index is 13.5. The Labute approximate surface area is 124 Å². The average molecular weight is 318 g/mol. The lowest BCUT2D eigenvalue weighted by atomic mass is 9.97. The second-order valence-corrected chi connectivity index (χ2v) is 5.06. The van der Waals surface area contributed by atoms with Gasteiger partial charge in [-0.3, -0.25) is 9.59 Å². The minimum absolute atomic E-state index is 0.0354. The van der Waals surface area contributed by atoms with Gasteiger partial charge < -0.3 is 10.2 Å². The number of likely N-dealkylation sites (tertiary alicyclic amines) is 1. The number of carbonyl (C=O) groups is 2. The summed E-state index contributed by atoms with van der Waals surface area (Å²) in [6, 6.07) is 5.50. The minimum atomic E-state index is -4.95. The van der Waals surface area contributed by atoms with Crippen LogP contribution in [-0.2, 0) is 9.59 Å². The van der Waals surface area contributed by atoms with Crippen LogP contribution in [0.25, 0.3) is 0 Å². The van der Waals surface area contributed by atoms with Crippen LogP contribution in [0.4, 0.5) is 23.2 Å². The monoisotopic (exact) mass is 318 g/mol. The fourth-order valence-electron chi connectivity index (χ4n) is 2.35. The Balaban J connectivity index is 2.02. The normalized spacial score (nSPS) is 18.9. The van der Waals surface area contributed by atoms with Crippen LogP contribution in [0, 0.1) is 11.7 Å². The Morgan fingerprint density at radius 1 is 1.23 bits per heavy atom. The summed E-state index contributed by atoms with van der Waals surface area (Å²) >= 11 is 0. The van der Waals surface area contributed by atoms with Gasteiger partial charge >= 0.3 is 12.1 Å². The van der Waals surface area contributed by atoms with E-state index in [0.717, 1.165) is 6.07 Å². The molecule has 1 saturated heterocycles. The van der Waals surface area contributed by atoms with Gasteiger partial charge in [0, 0.05) is 13.1 Å². The standard InChI is InChI=1S/C14H14F4N2O2/c15-10-5-1-2-6-11(10)19-12(21)9-4-3-7-20(8-9)13(22)14(16,17)18/h1-2,5-6,9H,3-4,7-8H2,(H,19,21). The van der Waals surface area contributed by atoms with Gasteiger partial charge in [0.2, 0.25) is 5.91 Å². The summed E-state index contributed by atoms with van der Waals surface area (Å²) < 4.78 is 50.7. The first-order valence-electron chi connectivity index (χ1n) is 6.70. The molecule has 0 radical (unpaired) electrons. The number of hydrogen-bond acceptors (Lipinski definition) is 2. The second kappa shape index (κ2) is 6.33. The smallest absolute Gasteiger partial charge is 0.334 e. The van der Waals surface area contributed by atoms with Crippen LogP contribution in [-0.4, -0.2) is 36.0 Å². The summed E-state index contributed by atoms with van der Waals surface area (Å²) in [5.74, 6) is -3.96. The van der Waals surface area contributed by atoms with Gasteiger partial charge in [0.25, 0.3) is 0 Å². The van der Waals surface area contributed by atoms with Crippen molar-refractivity contribution in [3.8, 4) is 0 Å². The third-order valence-electron chi connectivity index (χ3n) is 3.45. The first-order chi connectivity index (χ1) is 10.3. The first-order valence-corrected chi connectivity index (χ1v) is 6.70. The number of hydrogen-bond donors (Lipinski definition) is 1. The third kappa shape index (κ3) is 3.75. The van der Waals surface area contributed by atoms with Crippen LogP contribution in [0.15, 0.2) is 24.3 Å². The summed E-state index contributed by atoms with van der Waals surface area (Å²) in [6.45, 7) is -0.361. The van der Waals surface area contributed by atoms with Gasteiger partial charge in [0.1, 0.15) is 5.82 Å². The summed E-state index contributed by atoms with van der Waals surface area (Å²) in [4.78, 5) is 23.9. The van der Waals surface area contributed by atoms with E-state index in [1.807, 2.05) is 0 Å². The molecule has 1 atom stereocenters. The highest BCUT2D eigenvalue weighted by atomic mass is 19.4. The van der Waals surface area contributed by atoms with E-state index in [-0.39, 0.29) is 25.2 Å².